The number of rotatable bonds is 0. The Hall–Kier alpha value is -0.200. The summed E-state index contributed by atoms with van der Waals surface area (Å²) in [5.41, 5.74) is 0. The predicted octanol–water partition coefficient (Wildman–Crippen LogP) is -2.18. The summed E-state index contributed by atoms with van der Waals surface area (Å²) >= 11 is 0. The maximum absolute atomic E-state index is 9.22. The molecule has 11 heavy (non-hydrogen) atoms. The Morgan fingerprint density at radius 1 is 1.00 bits per heavy atom. The molecular formula is C6H10O5. The molecular weight excluding hydrogens is 152 g/mol. The summed E-state index contributed by atoms with van der Waals surface area (Å²) in [5.74, 6) is 0. The van der Waals surface area contributed by atoms with E-state index < -0.39 is 30.7 Å². The molecule has 5 atom stereocenters. The molecule has 0 saturated carbocycles. The van der Waals surface area contributed by atoms with Crippen LogP contribution in [0.15, 0.2) is 0 Å². The van der Waals surface area contributed by atoms with Crippen LogP contribution >= 0.6 is 0 Å². The summed E-state index contributed by atoms with van der Waals surface area (Å²) in [4.78, 5) is 0. The third-order valence-corrected chi connectivity index (χ3v) is 2.09. The van der Waals surface area contributed by atoms with Gasteiger partial charge < -0.3 is 24.8 Å². The van der Waals surface area contributed by atoms with E-state index in [2.05, 4.69) is 0 Å². The van der Waals surface area contributed by atoms with Crippen LogP contribution in [-0.4, -0.2) is 52.6 Å². The topological polar surface area (TPSA) is 79.2 Å². The molecule has 2 heterocycles. The lowest BCUT2D eigenvalue weighted by Gasteiger charge is -2.32. The van der Waals surface area contributed by atoms with E-state index in [1.54, 1.807) is 0 Å². The summed E-state index contributed by atoms with van der Waals surface area (Å²) in [6, 6.07) is 0. The lowest BCUT2D eigenvalue weighted by molar-refractivity contribution is -0.228. The summed E-state index contributed by atoms with van der Waals surface area (Å²) < 4.78 is 9.95. The average Bonchev–Trinajstić information content (AvgIpc) is 2.44. The van der Waals surface area contributed by atoms with Crippen molar-refractivity contribution in [3.63, 3.8) is 0 Å². The van der Waals surface area contributed by atoms with Gasteiger partial charge in [0.05, 0.1) is 6.61 Å². The number of hydrogen-bond donors (Lipinski definition) is 3. The van der Waals surface area contributed by atoms with Gasteiger partial charge in [0, 0.05) is 0 Å². The van der Waals surface area contributed by atoms with E-state index in [4.69, 9.17) is 14.6 Å². The van der Waals surface area contributed by atoms with Crippen LogP contribution in [0.4, 0.5) is 0 Å². The van der Waals surface area contributed by atoms with Crippen LogP contribution in [0.2, 0.25) is 0 Å². The molecule has 0 unspecified atom stereocenters. The first-order valence-electron chi connectivity index (χ1n) is 3.51. The minimum atomic E-state index is -1.15. The molecule has 2 rings (SSSR count). The van der Waals surface area contributed by atoms with Gasteiger partial charge in [-0.1, -0.05) is 0 Å². The van der Waals surface area contributed by atoms with Crippen LogP contribution in [0.3, 0.4) is 0 Å². The minimum absolute atomic E-state index is 0.236. The zero-order valence-corrected chi connectivity index (χ0v) is 5.75. The zero-order valence-electron chi connectivity index (χ0n) is 5.75. The third kappa shape index (κ3) is 0.969. The van der Waals surface area contributed by atoms with Crippen molar-refractivity contribution >= 4 is 0 Å². The zero-order chi connectivity index (χ0) is 8.01. The Morgan fingerprint density at radius 2 is 1.73 bits per heavy atom. The van der Waals surface area contributed by atoms with Gasteiger partial charge in [-0.25, -0.2) is 0 Å². The quantitative estimate of drug-likeness (QED) is 0.377. The van der Waals surface area contributed by atoms with Gasteiger partial charge in [0.15, 0.2) is 6.29 Å². The lowest BCUT2D eigenvalue weighted by Crippen LogP contribution is -2.53. The van der Waals surface area contributed by atoms with Crippen molar-refractivity contribution in [3.8, 4) is 0 Å². The molecule has 64 valence electrons. The minimum Gasteiger partial charge on any atom is -0.387 e. The van der Waals surface area contributed by atoms with Gasteiger partial charge in [-0.2, -0.15) is 0 Å². The number of ether oxygens (including phenoxy) is 2. The molecule has 0 aromatic heterocycles. The van der Waals surface area contributed by atoms with Gasteiger partial charge >= 0.3 is 0 Å². The van der Waals surface area contributed by atoms with Crippen LogP contribution < -0.4 is 0 Å². The maximum Gasteiger partial charge on any atom is 0.186 e. The summed E-state index contributed by atoms with van der Waals surface area (Å²) in [6.45, 7) is 0.236. The van der Waals surface area contributed by atoms with Gasteiger partial charge in [0.2, 0.25) is 0 Å². The molecule has 0 aromatic rings. The third-order valence-electron chi connectivity index (χ3n) is 2.09. The molecule has 2 bridgehead atoms. The SMILES string of the molecule is O[C@H]1[C@@H](O)[C@H]2OC[C@@H](O2)[C@H]1O. The second kappa shape index (κ2) is 2.40. The van der Waals surface area contributed by atoms with E-state index in [1.165, 1.54) is 0 Å². The second-order valence-electron chi connectivity index (χ2n) is 2.85. The second-order valence-corrected chi connectivity index (χ2v) is 2.85. The first-order chi connectivity index (χ1) is 5.20. The molecule has 2 aliphatic heterocycles. The van der Waals surface area contributed by atoms with E-state index in [9.17, 15) is 10.2 Å². The molecule has 2 saturated heterocycles. The molecule has 0 aromatic carbocycles. The van der Waals surface area contributed by atoms with Crippen molar-refractivity contribution < 1.29 is 24.8 Å². The first-order valence-corrected chi connectivity index (χ1v) is 3.51. The van der Waals surface area contributed by atoms with Crippen molar-refractivity contribution in [2.75, 3.05) is 6.61 Å². The van der Waals surface area contributed by atoms with Gasteiger partial charge in [-0.3, -0.25) is 0 Å². The Labute approximate surface area is 63.2 Å². The number of hydrogen-bond acceptors (Lipinski definition) is 5. The molecule has 2 aliphatic rings. The van der Waals surface area contributed by atoms with E-state index in [0.717, 1.165) is 0 Å². The smallest absolute Gasteiger partial charge is 0.186 e. The predicted molar refractivity (Wildman–Crippen MR) is 32.6 cm³/mol. The standard InChI is InChI=1S/C6H10O5/c7-3-2-1-10-6(11-2)5(9)4(3)8/h2-9H,1H2/t2-,3-,4-,5-,6+/m1/s1. The number of aliphatic hydroxyl groups excluding tert-OH is 3. The van der Waals surface area contributed by atoms with Crippen molar-refractivity contribution in [1.82, 2.24) is 0 Å². The molecule has 0 amide bonds. The first kappa shape index (κ1) is 7.45. The molecule has 0 spiro atoms. The van der Waals surface area contributed by atoms with Gasteiger partial charge in [-0.15, -0.1) is 0 Å². The molecule has 0 aliphatic carbocycles. The van der Waals surface area contributed by atoms with Crippen LogP contribution in [0.25, 0.3) is 0 Å². The molecule has 0 radical (unpaired) electrons. The van der Waals surface area contributed by atoms with E-state index in [0.29, 0.717) is 0 Å². The van der Waals surface area contributed by atoms with E-state index >= 15 is 0 Å². The van der Waals surface area contributed by atoms with Gasteiger partial charge in [0.1, 0.15) is 24.4 Å². The van der Waals surface area contributed by atoms with Crippen molar-refractivity contribution in [1.29, 1.82) is 0 Å². The Bertz CT molecular complexity index is 141. The van der Waals surface area contributed by atoms with Crippen LogP contribution in [0.1, 0.15) is 0 Å². The fourth-order valence-corrected chi connectivity index (χ4v) is 1.38. The molecule has 5 heteroatoms. The molecule has 5 nitrogen and oxygen atoms in total. The summed E-state index contributed by atoms with van der Waals surface area (Å²) in [6.07, 6.45) is -4.58. The Kier molecular flexibility index (Phi) is 1.62. The molecule has 2 fully saturated rings. The van der Waals surface area contributed by atoms with Crippen LogP contribution in [0.5, 0.6) is 0 Å². The highest BCUT2D eigenvalue weighted by Gasteiger charge is 2.48. The summed E-state index contributed by atoms with van der Waals surface area (Å²) in [5, 5.41) is 27.6. The average molecular weight is 162 g/mol. The summed E-state index contributed by atoms with van der Waals surface area (Å²) in [7, 11) is 0. The maximum atomic E-state index is 9.22. The van der Waals surface area contributed by atoms with E-state index in [1.807, 2.05) is 0 Å². The largest absolute Gasteiger partial charge is 0.387 e. The Balaban J connectivity index is 2.16. The van der Waals surface area contributed by atoms with Crippen LogP contribution in [-0.2, 0) is 9.47 Å². The number of aliphatic hydroxyl groups is 3. The van der Waals surface area contributed by atoms with Crippen molar-refractivity contribution in [3.05, 3.63) is 0 Å². The highest BCUT2D eigenvalue weighted by molar-refractivity contribution is 4.92. The fraction of sp³-hybridized carbons (Fsp3) is 1.00. The van der Waals surface area contributed by atoms with Gasteiger partial charge in [-0.05, 0) is 0 Å². The van der Waals surface area contributed by atoms with Gasteiger partial charge in [0.25, 0.3) is 0 Å². The Morgan fingerprint density at radius 3 is 2.45 bits per heavy atom. The fourth-order valence-electron chi connectivity index (χ4n) is 1.38. The van der Waals surface area contributed by atoms with Crippen molar-refractivity contribution in [2.24, 2.45) is 0 Å². The lowest BCUT2D eigenvalue weighted by atomic mass is 10.0. The normalized spacial score (nSPS) is 56.5. The van der Waals surface area contributed by atoms with Crippen molar-refractivity contribution in [2.45, 2.75) is 30.7 Å². The van der Waals surface area contributed by atoms with Crippen LogP contribution in [0, 0.1) is 0 Å². The molecule has 3 N–H and O–H groups in total. The highest BCUT2D eigenvalue weighted by Crippen LogP contribution is 2.27. The highest BCUT2D eigenvalue weighted by atomic mass is 16.7. The monoisotopic (exact) mass is 162 g/mol. The van der Waals surface area contributed by atoms with E-state index in [-0.39, 0.29) is 6.61 Å². The number of fused-ring (bicyclic) bond motifs is 2.